The molecule has 6 nitrogen and oxygen atoms in total. The second-order valence-electron chi connectivity index (χ2n) is 8.60. The number of carbonyl (C=O) groups is 1. The second-order valence-corrected chi connectivity index (χ2v) is 10.1. The zero-order valence-corrected chi connectivity index (χ0v) is 19.5. The van der Waals surface area contributed by atoms with Crippen LogP contribution in [0.1, 0.15) is 63.1 Å². The molecule has 1 N–H and O–H groups in total. The number of rotatable bonds is 5. The standard InChI is InChI=1S/C23H33N3O3S/c1-6-7-16(3)23(27)24-20-10-12-26(13-11-20)22-18(5)21(30(28,29)25-22)19-9-8-15(2)17(4)14-19/h8-9,14,16,20H,6-7,10-13H2,1-5H3,(H,24,27)/t16-/m0/s1. The van der Waals surface area contributed by atoms with Gasteiger partial charge in [0.25, 0.3) is 10.0 Å². The molecular formula is C23H33N3O3S. The van der Waals surface area contributed by atoms with Gasteiger partial charge in [0.2, 0.25) is 5.91 Å². The maximum absolute atomic E-state index is 12.8. The van der Waals surface area contributed by atoms with Crippen LogP contribution in [0, 0.1) is 19.8 Å². The van der Waals surface area contributed by atoms with Gasteiger partial charge in [-0.2, -0.15) is 8.42 Å². The lowest BCUT2D eigenvalue weighted by Gasteiger charge is -2.34. The number of amidine groups is 1. The lowest BCUT2D eigenvalue weighted by Crippen LogP contribution is -2.47. The van der Waals surface area contributed by atoms with Crippen molar-refractivity contribution in [3.8, 4) is 0 Å². The van der Waals surface area contributed by atoms with Crippen molar-refractivity contribution in [2.75, 3.05) is 13.1 Å². The van der Waals surface area contributed by atoms with E-state index in [1.54, 1.807) is 0 Å². The van der Waals surface area contributed by atoms with E-state index in [1.807, 2.05) is 50.8 Å². The Hall–Kier alpha value is -2.15. The van der Waals surface area contributed by atoms with Crippen molar-refractivity contribution in [1.29, 1.82) is 0 Å². The van der Waals surface area contributed by atoms with Crippen LogP contribution in [0.5, 0.6) is 0 Å². The maximum atomic E-state index is 12.8. The molecule has 1 saturated heterocycles. The fourth-order valence-electron chi connectivity index (χ4n) is 4.21. The molecule has 30 heavy (non-hydrogen) atoms. The molecule has 7 heteroatoms. The largest absolute Gasteiger partial charge is 0.356 e. The Kier molecular flexibility index (Phi) is 6.70. The first-order valence-corrected chi connectivity index (χ1v) is 12.3. The van der Waals surface area contributed by atoms with Gasteiger partial charge in [-0.05, 0) is 56.7 Å². The molecule has 0 unspecified atom stereocenters. The van der Waals surface area contributed by atoms with Crippen LogP contribution >= 0.6 is 0 Å². The van der Waals surface area contributed by atoms with E-state index >= 15 is 0 Å². The van der Waals surface area contributed by atoms with Crippen molar-refractivity contribution >= 4 is 26.7 Å². The summed E-state index contributed by atoms with van der Waals surface area (Å²) in [5.41, 5.74) is 3.59. The maximum Gasteiger partial charge on any atom is 0.285 e. The van der Waals surface area contributed by atoms with Crippen LogP contribution in [0.2, 0.25) is 0 Å². The lowest BCUT2D eigenvalue weighted by molar-refractivity contribution is -0.125. The molecule has 0 aromatic heterocycles. The van der Waals surface area contributed by atoms with Gasteiger partial charge in [0.1, 0.15) is 10.7 Å². The Morgan fingerprint density at radius 2 is 1.87 bits per heavy atom. The molecule has 1 aromatic carbocycles. The normalized spacial score (nSPS) is 20.3. The zero-order chi connectivity index (χ0) is 22.1. The summed E-state index contributed by atoms with van der Waals surface area (Å²) < 4.78 is 29.8. The number of nitrogens with one attached hydrogen (secondary N) is 1. The first-order chi connectivity index (χ1) is 14.1. The van der Waals surface area contributed by atoms with E-state index in [9.17, 15) is 13.2 Å². The number of carbonyl (C=O) groups excluding carboxylic acids is 1. The first-order valence-electron chi connectivity index (χ1n) is 10.8. The van der Waals surface area contributed by atoms with Crippen molar-refractivity contribution in [1.82, 2.24) is 10.2 Å². The van der Waals surface area contributed by atoms with Crippen LogP contribution in [0.4, 0.5) is 0 Å². The quantitative estimate of drug-likeness (QED) is 0.769. The summed E-state index contributed by atoms with van der Waals surface area (Å²) in [4.78, 5) is 14.6. The van der Waals surface area contributed by atoms with Crippen molar-refractivity contribution in [2.24, 2.45) is 10.3 Å². The Bertz CT molecular complexity index is 987. The van der Waals surface area contributed by atoms with E-state index in [1.165, 1.54) is 0 Å². The number of hydrogen-bond donors (Lipinski definition) is 1. The Labute approximate surface area is 180 Å². The van der Waals surface area contributed by atoms with Gasteiger partial charge in [0, 0.05) is 30.6 Å². The Balaban J connectivity index is 1.72. The predicted octanol–water partition coefficient (Wildman–Crippen LogP) is 3.79. The number of hydrogen-bond acceptors (Lipinski definition) is 4. The number of piperidine rings is 1. The smallest absolute Gasteiger partial charge is 0.285 e. The van der Waals surface area contributed by atoms with Crippen LogP contribution in [-0.4, -0.2) is 44.2 Å². The summed E-state index contributed by atoms with van der Waals surface area (Å²) in [5, 5.41) is 3.15. The van der Waals surface area contributed by atoms with Crippen LogP contribution in [0.3, 0.4) is 0 Å². The van der Waals surface area contributed by atoms with Crippen molar-refractivity contribution in [3.63, 3.8) is 0 Å². The average molecular weight is 432 g/mol. The zero-order valence-electron chi connectivity index (χ0n) is 18.7. The van der Waals surface area contributed by atoms with Gasteiger partial charge in [-0.3, -0.25) is 4.79 Å². The number of amides is 1. The van der Waals surface area contributed by atoms with E-state index < -0.39 is 10.0 Å². The highest BCUT2D eigenvalue weighted by Gasteiger charge is 2.35. The molecule has 3 rings (SSSR count). The monoisotopic (exact) mass is 431 g/mol. The average Bonchev–Trinajstić information content (AvgIpc) is 2.94. The molecule has 2 aliphatic rings. The van der Waals surface area contributed by atoms with E-state index in [-0.39, 0.29) is 17.9 Å². The number of nitrogens with zero attached hydrogens (tertiary/aromatic N) is 2. The van der Waals surface area contributed by atoms with Crippen LogP contribution in [0.25, 0.3) is 4.91 Å². The van der Waals surface area contributed by atoms with Crippen molar-refractivity contribution in [2.45, 2.75) is 66.3 Å². The summed E-state index contributed by atoms with van der Waals surface area (Å²) in [7, 11) is -3.71. The molecule has 1 atom stereocenters. The molecule has 1 amide bonds. The molecule has 0 spiro atoms. The highest BCUT2D eigenvalue weighted by atomic mass is 32.2. The molecule has 0 radical (unpaired) electrons. The molecule has 0 saturated carbocycles. The van der Waals surface area contributed by atoms with Crippen LogP contribution < -0.4 is 5.32 Å². The summed E-state index contributed by atoms with van der Waals surface area (Å²) in [6, 6.07) is 5.86. The number of likely N-dealkylation sites (tertiary alicyclic amines) is 1. The SMILES string of the molecule is CCC[C@H](C)C(=O)NC1CCN(C2=NS(=O)(=O)C(c3ccc(C)c(C)c3)=C2C)CC1. The predicted molar refractivity (Wildman–Crippen MR) is 122 cm³/mol. The van der Waals surface area contributed by atoms with E-state index in [0.717, 1.165) is 36.8 Å². The van der Waals surface area contributed by atoms with Gasteiger partial charge in [-0.25, -0.2) is 0 Å². The number of benzene rings is 1. The minimum absolute atomic E-state index is 0.0306. The first kappa shape index (κ1) is 22.5. The highest BCUT2D eigenvalue weighted by molar-refractivity contribution is 8.00. The molecule has 0 bridgehead atoms. The fraction of sp³-hybridized carbons (Fsp3) is 0.565. The van der Waals surface area contributed by atoms with Gasteiger partial charge < -0.3 is 10.2 Å². The molecule has 1 fully saturated rings. The van der Waals surface area contributed by atoms with Gasteiger partial charge in [-0.1, -0.05) is 38.5 Å². The molecule has 2 aliphatic heterocycles. The van der Waals surface area contributed by atoms with Gasteiger partial charge in [0.05, 0.1) is 0 Å². The Morgan fingerprint density at radius 1 is 1.20 bits per heavy atom. The second kappa shape index (κ2) is 8.92. The van der Waals surface area contributed by atoms with E-state index in [4.69, 9.17) is 0 Å². The van der Waals surface area contributed by atoms with Crippen LogP contribution in [0.15, 0.2) is 28.2 Å². The molecule has 0 aliphatic carbocycles. The van der Waals surface area contributed by atoms with Gasteiger partial charge in [0.15, 0.2) is 0 Å². The van der Waals surface area contributed by atoms with E-state index in [2.05, 4.69) is 16.6 Å². The van der Waals surface area contributed by atoms with Gasteiger partial charge >= 0.3 is 0 Å². The van der Waals surface area contributed by atoms with Gasteiger partial charge in [-0.15, -0.1) is 4.40 Å². The van der Waals surface area contributed by atoms with Crippen molar-refractivity contribution in [3.05, 3.63) is 40.5 Å². The van der Waals surface area contributed by atoms with Crippen molar-refractivity contribution < 1.29 is 13.2 Å². The summed E-state index contributed by atoms with van der Waals surface area (Å²) in [6.45, 7) is 11.2. The van der Waals surface area contributed by atoms with Crippen LogP contribution in [-0.2, 0) is 14.8 Å². The summed E-state index contributed by atoms with van der Waals surface area (Å²) in [5.74, 6) is 0.694. The number of sulfonamides is 1. The summed E-state index contributed by atoms with van der Waals surface area (Å²) in [6.07, 6.45) is 3.46. The summed E-state index contributed by atoms with van der Waals surface area (Å²) >= 11 is 0. The molecule has 1 aromatic rings. The minimum atomic E-state index is -3.71. The molecule has 164 valence electrons. The topological polar surface area (TPSA) is 78.8 Å². The fourth-order valence-corrected chi connectivity index (χ4v) is 5.68. The third-order valence-corrected chi connectivity index (χ3v) is 7.69. The third-order valence-electron chi connectivity index (χ3n) is 6.22. The molecular weight excluding hydrogens is 398 g/mol. The highest BCUT2D eigenvalue weighted by Crippen LogP contribution is 2.35. The number of aryl methyl sites for hydroxylation is 2. The third kappa shape index (κ3) is 4.61. The minimum Gasteiger partial charge on any atom is -0.356 e. The molecule has 2 heterocycles. The lowest BCUT2D eigenvalue weighted by atomic mass is 10.00. The van der Waals surface area contributed by atoms with E-state index in [0.29, 0.717) is 35.0 Å². The Morgan fingerprint density at radius 3 is 2.47 bits per heavy atom.